The minimum absolute atomic E-state index is 0.0758. The lowest BCUT2D eigenvalue weighted by Crippen LogP contribution is -2.54. The molecule has 5 heterocycles. The number of piperidine rings is 2. The number of benzene rings is 2. The number of likely N-dealkylation sites (tertiary alicyclic amines) is 1. The third-order valence-corrected chi connectivity index (χ3v) is 13.3. The van der Waals surface area contributed by atoms with E-state index in [2.05, 4.69) is 25.8 Å². The number of aromatic nitrogens is 3. The number of ether oxygens (including phenoxy) is 1. The number of amides is 5. The van der Waals surface area contributed by atoms with Gasteiger partial charge >= 0.3 is 6.18 Å². The van der Waals surface area contributed by atoms with Crippen LogP contribution in [0.5, 0.6) is 5.75 Å². The molecule has 1 unspecified atom stereocenters. The van der Waals surface area contributed by atoms with E-state index in [4.69, 9.17) is 9.84 Å². The van der Waals surface area contributed by atoms with E-state index in [-0.39, 0.29) is 47.7 Å². The van der Waals surface area contributed by atoms with Gasteiger partial charge in [0.25, 0.3) is 17.7 Å². The summed E-state index contributed by atoms with van der Waals surface area (Å²) in [6.45, 7) is 6.83. The van der Waals surface area contributed by atoms with Crippen LogP contribution in [0.3, 0.4) is 0 Å². The van der Waals surface area contributed by atoms with Crippen LogP contribution >= 0.6 is 0 Å². The zero-order valence-electron chi connectivity index (χ0n) is 34.6. The van der Waals surface area contributed by atoms with E-state index in [0.717, 1.165) is 93.4 Å². The number of nitrogens with one attached hydrogen (secondary N) is 3. The Morgan fingerprint density at radius 1 is 0.952 bits per heavy atom. The Morgan fingerprint density at radius 3 is 2.40 bits per heavy atom. The van der Waals surface area contributed by atoms with E-state index < -0.39 is 47.4 Å². The van der Waals surface area contributed by atoms with Gasteiger partial charge < -0.3 is 20.3 Å². The van der Waals surface area contributed by atoms with E-state index in [1.54, 1.807) is 24.3 Å². The van der Waals surface area contributed by atoms with E-state index >= 15 is 0 Å². The lowest BCUT2D eigenvalue weighted by atomic mass is 9.60. The fourth-order valence-corrected chi connectivity index (χ4v) is 10.1. The molecule has 3 N–H and O–H groups in total. The number of carbonyl (C=O) groups excluding carboxylic acids is 5. The summed E-state index contributed by atoms with van der Waals surface area (Å²) in [5.41, 5.74) is 0.961. The topological polar surface area (TPSA) is 168 Å². The van der Waals surface area contributed by atoms with Gasteiger partial charge in [-0.1, -0.05) is 12.1 Å². The minimum Gasteiger partial charge on any atom is -0.489 e. The van der Waals surface area contributed by atoms with Gasteiger partial charge in [-0.25, -0.2) is 4.98 Å². The normalized spacial score (nSPS) is 23.1. The van der Waals surface area contributed by atoms with Gasteiger partial charge in [-0.15, -0.1) is 0 Å². The van der Waals surface area contributed by atoms with Gasteiger partial charge in [0.05, 0.1) is 34.5 Å². The third-order valence-electron chi connectivity index (χ3n) is 13.3. The first-order valence-corrected chi connectivity index (χ1v) is 21.5. The van der Waals surface area contributed by atoms with E-state index in [0.29, 0.717) is 34.1 Å². The van der Waals surface area contributed by atoms with Gasteiger partial charge in [0.15, 0.2) is 0 Å². The summed E-state index contributed by atoms with van der Waals surface area (Å²) in [6.07, 6.45) is 5.54. The van der Waals surface area contributed by atoms with Gasteiger partial charge in [0, 0.05) is 42.3 Å². The van der Waals surface area contributed by atoms with Crippen molar-refractivity contribution < 1.29 is 41.9 Å². The second kappa shape index (κ2) is 16.1. The molecule has 1 atom stereocenters. The molecule has 2 aromatic heterocycles. The molecule has 2 aliphatic carbocycles. The number of hydrogen-bond donors (Lipinski definition) is 3. The first kappa shape index (κ1) is 41.5. The molecular formula is C45H49F3N8O6. The van der Waals surface area contributed by atoms with Crippen LogP contribution in [0.15, 0.2) is 54.7 Å². The molecule has 5 aliphatic rings. The molecule has 3 aliphatic heterocycles. The second-order valence-electron chi connectivity index (χ2n) is 17.9. The van der Waals surface area contributed by atoms with Crippen LogP contribution in [-0.4, -0.2) is 91.9 Å². The number of imide groups is 2. The van der Waals surface area contributed by atoms with E-state index in [1.165, 1.54) is 6.07 Å². The van der Waals surface area contributed by atoms with Crippen molar-refractivity contribution in [3.05, 3.63) is 77.2 Å². The van der Waals surface area contributed by atoms with Crippen molar-refractivity contribution in [3.63, 3.8) is 0 Å². The molecule has 2 saturated carbocycles. The van der Waals surface area contributed by atoms with Gasteiger partial charge in [-0.05, 0) is 126 Å². The number of carbonyl (C=O) groups is 5. The van der Waals surface area contributed by atoms with E-state index in [9.17, 15) is 37.1 Å². The smallest absolute Gasteiger partial charge is 0.433 e. The average Bonchev–Trinajstić information content (AvgIpc) is 3.75. The van der Waals surface area contributed by atoms with Crippen LogP contribution in [-0.2, 0) is 15.8 Å². The van der Waals surface area contributed by atoms with Crippen molar-refractivity contribution >= 4 is 51.8 Å². The Bertz CT molecular complexity index is 2440. The maximum absolute atomic E-state index is 13.6. The van der Waals surface area contributed by atoms with Crippen LogP contribution in [0.4, 0.5) is 24.5 Å². The molecule has 17 heteroatoms. The van der Waals surface area contributed by atoms with Crippen molar-refractivity contribution in [1.29, 1.82) is 0 Å². The van der Waals surface area contributed by atoms with Gasteiger partial charge in [0.2, 0.25) is 11.8 Å². The Balaban J connectivity index is 0.762. The number of nitrogens with zero attached hydrogens (tertiary/aromatic N) is 5. The Labute approximate surface area is 355 Å². The second-order valence-corrected chi connectivity index (χ2v) is 17.9. The molecule has 5 amide bonds. The summed E-state index contributed by atoms with van der Waals surface area (Å²) >= 11 is 0. The maximum Gasteiger partial charge on any atom is 0.433 e. The highest BCUT2D eigenvalue weighted by molar-refractivity contribution is 6.25. The molecule has 2 saturated heterocycles. The zero-order valence-corrected chi connectivity index (χ0v) is 34.6. The Kier molecular flexibility index (Phi) is 10.8. The first-order valence-electron chi connectivity index (χ1n) is 21.5. The van der Waals surface area contributed by atoms with Gasteiger partial charge in [0.1, 0.15) is 23.2 Å². The molecular weight excluding hydrogens is 806 g/mol. The number of alkyl halides is 3. The molecule has 326 valence electrons. The molecule has 0 radical (unpaired) electrons. The minimum atomic E-state index is -4.68. The Hall–Kier alpha value is -5.84. The lowest BCUT2D eigenvalue weighted by molar-refractivity contribution is -0.141. The zero-order chi connectivity index (χ0) is 43.5. The Morgan fingerprint density at radius 2 is 1.69 bits per heavy atom. The number of rotatable bonds is 10. The largest absolute Gasteiger partial charge is 0.489 e. The van der Waals surface area contributed by atoms with E-state index in [1.807, 2.05) is 30.8 Å². The molecule has 4 aromatic rings. The van der Waals surface area contributed by atoms with Crippen LogP contribution in [0.1, 0.15) is 121 Å². The monoisotopic (exact) mass is 854 g/mol. The third kappa shape index (κ3) is 8.14. The standard InChI is InChI=1S/C45H49F3N8O6/c1-25(2)62-36-20-33-27(19-34(36)51-40(58)32-7-4-8-37(50-32)45(46,47)48)24-55(53-33)29-11-9-26(10-12-29)23-54-17-15-44(16-18-54)21-28(22-44)49-31-6-3-5-30-39(31)43(61)56(42(30)60)35-13-14-38(57)52-41(35)59/h3-8,19-20,24-26,28-29,35,49H,9-18,21-23H2,1-2H3,(H,51,58)(H,52,57,59). The fourth-order valence-electron chi connectivity index (χ4n) is 10.1. The highest BCUT2D eigenvalue weighted by Gasteiger charge is 2.49. The highest BCUT2D eigenvalue weighted by Crippen LogP contribution is 2.51. The molecule has 14 nitrogen and oxygen atoms in total. The lowest BCUT2D eigenvalue weighted by Gasteiger charge is -2.53. The maximum atomic E-state index is 13.6. The summed E-state index contributed by atoms with van der Waals surface area (Å²) in [5.74, 6) is -1.86. The summed E-state index contributed by atoms with van der Waals surface area (Å²) in [5, 5.41) is 14.2. The molecule has 1 spiro atoms. The number of hydrogen-bond acceptors (Lipinski definition) is 10. The molecule has 9 rings (SSSR count). The molecule has 2 aromatic carbocycles. The number of anilines is 2. The molecule has 0 bridgehead atoms. The molecule has 4 fully saturated rings. The van der Waals surface area contributed by atoms with Crippen LogP contribution in [0, 0.1) is 11.3 Å². The number of halogens is 3. The van der Waals surface area contributed by atoms with Crippen molar-refractivity contribution in [1.82, 2.24) is 29.9 Å². The van der Waals surface area contributed by atoms with Crippen molar-refractivity contribution in [2.75, 3.05) is 30.3 Å². The highest BCUT2D eigenvalue weighted by atomic mass is 19.4. The first-order chi connectivity index (χ1) is 29.6. The number of fused-ring (bicyclic) bond motifs is 2. The average molecular weight is 855 g/mol. The summed E-state index contributed by atoms with van der Waals surface area (Å²) in [4.78, 5) is 71.3. The quantitative estimate of drug-likeness (QED) is 0.142. The summed E-state index contributed by atoms with van der Waals surface area (Å²) < 4.78 is 47.8. The van der Waals surface area contributed by atoms with Gasteiger partial charge in [-0.3, -0.25) is 38.9 Å². The van der Waals surface area contributed by atoms with Crippen LogP contribution in [0.2, 0.25) is 0 Å². The number of pyridine rings is 1. The van der Waals surface area contributed by atoms with Gasteiger partial charge in [-0.2, -0.15) is 18.3 Å². The summed E-state index contributed by atoms with van der Waals surface area (Å²) in [6, 6.07) is 11.3. The fraction of sp³-hybridized carbons (Fsp3) is 0.489. The SMILES string of the molecule is CC(C)Oc1cc2nn(C3CCC(CN4CCC5(CC4)CC(Nc4cccc6c4C(=O)N(C4CCC(=O)NC4=O)C6=O)C5)CC3)cc2cc1NC(=O)c1cccc(C(F)(F)F)n1. The predicted molar refractivity (Wildman–Crippen MR) is 222 cm³/mol. The van der Waals surface area contributed by atoms with Crippen molar-refractivity contribution in [3.8, 4) is 5.75 Å². The van der Waals surface area contributed by atoms with Crippen molar-refractivity contribution in [2.24, 2.45) is 11.3 Å². The molecule has 62 heavy (non-hydrogen) atoms. The predicted octanol–water partition coefficient (Wildman–Crippen LogP) is 6.98. The summed E-state index contributed by atoms with van der Waals surface area (Å²) in [7, 11) is 0. The van der Waals surface area contributed by atoms with Crippen LogP contribution in [0.25, 0.3) is 10.9 Å². The van der Waals surface area contributed by atoms with Crippen molar-refractivity contribution in [2.45, 2.75) is 108 Å². The van der Waals surface area contributed by atoms with Crippen LogP contribution < -0.4 is 20.7 Å².